The maximum Gasteiger partial charge on any atom is 0.243 e. The topological polar surface area (TPSA) is 96.3 Å². The highest BCUT2D eigenvalue weighted by Crippen LogP contribution is 2.40. The molecular formula is C18H23FN8O. The lowest BCUT2D eigenvalue weighted by atomic mass is 9.84. The fraction of sp³-hybridized carbons (Fsp3) is 0.556. The predicted molar refractivity (Wildman–Crippen MR) is 102 cm³/mol. The SMILES string of the molecule is CC1(C)CN(c2c(-c3cn[nH]c3)ncn3nc(N[C@H]4CCOC[C@H]4F)nc23)C1. The molecule has 2 fully saturated rings. The molecule has 9 nitrogen and oxygen atoms in total. The molecule has 3 aromatic heterocycles. The molecule has 2 aliphatic rings. The Morgan fingerprint density at radius 3 is 2.93 bits per heavy atom. The van der Waals surface area contributed by atoms with Crippen molar-refractivity contribution in [2.45, 2.75) is 32.5 Å². The van der Waals surface area contributed by atoms with Crippen LogP contribution in [0.25, 0.3) is 16.9 Å². The number of alkyl halides is 1. The molecule has 148 valence electrons. The van der Waals surface area contributed by atoms with Crippen LogP contribution in [0.2, 0.25) is 0 Å². The lowest BCUT2D eigenvalue weighted by Gasteiger charge is -2.47. The zero-order valence-corrected chi connectivity index (χ0v) is 15.9. The van der Waals surface area contributed by atoms with Gasteiger partial charge in [0.15, 0.2) is 5.65 Å². The zero-order valence-electron chi connectivity index (χ0n) is 15.9. The summed E-state index contributed by atoms with van der Waals surface area (Å²) in [4.78, 5) is 11.6. The molecule has 2 atom stereocenters. The second-order valence-corrected chi connectivity index (χ2v) is 8.28. The smallest absolute Gasteiger partial charge is 0.243 e. The summed E-state index contributed by atoms with van der Waals surface area (Å²) < 4.78 is 20.9. The Morgan fingerprint density at radius 2 is 2.21 bits per heavy atom. The number of aromatic amines is 1. The van der Waals surface area contributed by atoms with Gasteiger partial charge >= 0.3 is 0 Å². The van der Waals surface area contributed by atoms with Gasteiger partial charge in [-0.05, 0) is 11.8 Å². The van der Waals surface area contributed by atoms with Gasteiger partial charge in [-0.1, -0.05) is 13.8 Å². The molecule has 3 aromatic rings. The van der Waals surface area contributed by atoms with E-state index in [9.17, 15) is 4.39 Å². The molecule has 2 N–H and O–H groups in total. The van der Waals surface area contributed by atoms with Gasteiger partial charge in [0.2, 0.25) is 5.95 Å². The fourth-order valence-corrected chi connectivity index (χ4v) is 3.97. The Morgan fingerprint density at radius 1 is 1.36 bits per heavy atom. The monoisotopic (exact) mass is 386 g/mol. The second-order valence-electron chi connectivity index (χ2n) is 8.28. The van der Waals surface area contributed by atoms with Crippen molar-refractivity contribution in [3.05, 3.63) is 18.7 Å². The number of nitrogens with one attached hydrogen (secondary N) is 2. The van der Waals surface area contributed by atoms with E-state index in [1.54, 1.807) is 17.0 Å². The fourth-order valence-electron chi connectivity index (χ4n) is 3.97. The summed E-state index contributed by atoms with van der Waals surface area (Å²) in [6, 6.07) is -0.348. The summed E-state index contributed by atoms with van der Waals surface area (Å²) in [5.41, 5.74) is 3.57. The standard InChI is InChI=1S/C18H23FN8O/c1-18(2)8-26(9-18)15-14(11-5-21-22-6-11)20-10-27-16(15)24-17(25-27)23-13-3-4-28-7-12(13)19/h5-6,10,12-13H,3-4,7-9H2,1-2H3,(H,21,22)(H,23,25)/t12-,13+/m1/s1. The summed E-state index contributed by atoms with van der Waals surface area (Å²) in [6.07, 6.45) is 4.72. The molecule has 2 aliphatic heterocycles. The molecule has 0 amide bonds. The van der Waals surface area contributed by atoms with E-state index in [1.165, 1.54) is 0 Å². The number of rotatable bonds is 4. The van der Waals surface area contributed by atoms with Crippen molar-refractivity contribution >= 4 is 17.3 Å². The van der Waals surface area contributed by atoms with E-state index in [0.29, 0.717) is 24.6 Å². The highest BCUT2D eigenvalue weighted by molar-refractivity contribution is 5.85. The van der Waals surface area contributed by atoms with Crippen LogP contribution in [0.1, 0.15) is 20.3 Å². The van der Waals surface area contributed by atoms with Crippen LogP contribution in [-0.2, 0) is 4.74 Å². The number of H-pyrrole nitrogens is 1. The first-order chi connectivity index (χ1) is 13.5. The van der Waals surface area contributed by atoms with Gasteiger partial charge in [-0.25, -0.2) is 9.37 Å². The van der Waals surface area contributed by atoms with Crippen LogP contribution in [0.3, 0.4) is 0 Å². The molecule has 5 heterocycles. The third-order valence-electron chi connectivity index (χ3n) is 5.29. The summed E-state index contributed by atoms with van der Waals surface area (Å²) in [6.45, 7) is 6.91. The first kappa shape index (κ1) is 17.4. The number of halogens is 1. The van der Waals surface area contributed by atoms with Crippen LogP contribution in [0.15, 0.2) is 18.7 Å². The number of hydrogen-bond acceptors (Lipinski definition) is 7. The van der Waals surface area contributed by atoms with Gasteiger partial charge in [0.05, 0.1) is 18.8 Å². The predicted octanol–water partition coefficient (Wildman–Crippen LogP) is 1.90. The van der Waals surface area contributed by atoms with Crippen LogP contribution >= 0.6 is 0 Å². The highest BCUT2D eigenvalue weighted by Gasteiger charge is 2.37. The Hall–Kier alpha value is -2.75. The van der Waals surface area contributed by atoms with Gasteiger partial charge in [-0.3, -0.25) is 5.10 Å². The van der Waals surface area contributed by atoms with Crippen LogP contribution in [0.5, 0.6) is 0 Å². The van der Waals surface area contributed by atoms with Crippen molar-refractivity contribution in [2.24, 2.45) is 5.41 Å². The molecule has 0 bridgehead atoms. The third kappa shape index (κ3) is 2.97. The van der Waals surface area contributed by atoms with Crippen molar-refractivity contribution in [2.75, 3.05) is 36.5 Å². The van der Waals surface area contributed by atoms with Crippen LogP contribution in [0, 0.1) is 5.41 Å². The zero-order chi connectivity index (χ0) is 19.3. The quantitative estimate of drug-likeness (QED) is 0.707. The van der Waals surface area contributed by atoms with Crippen LogP contribution < -0.4 is 10.2 Å². The molecule has 5 rings (SSSR count). The Balaban J connectivity index is 1.54. The molecular weight excluding hydrogens is 363 g/mol. The minimum Gasteiger partial charge on any atom is -0.378 e. The minimum atomic E-state index is -1.07. The van der Waals surface area contributed by atoms with Crippen molar-refractivity contribution in [3.63, 3.8) is 0 Å². The maximum absolute atomic E-state index is 14.1. The highest BCUT2D eigenvalue weighted by atomic mass is 19.1. The van der Waals surface area contributed by atoms with Crippen molar-refractivity contribution in [3.8, 4) is 11.3 Å². The molecule has 2 saturated heterocycles. The number of fused-ring (bicyclic) bond motifs is 1. The average molecular weight is 386 g/mol. The van der Waals surface area contributed by atoms with Crippen molar-refractivity contribution < 1.29 is 9.13 Å². The van der Waals surface area contributed by atoms with Crippen LogP contribution in [-0.4, -0.2) is 68.3 Å². The van der Waals surface area contributed by atoms with E-state index >= 15 is 0 Å². The Bertz CT molecular complexity index is 977. The van der Waals surface area contributed by atoms with Crippen molar-refractivity contribution in [1.82, 2.24) is 29.8 Å². The normalized spacial score (nSPS) is 24.3. The number of anilines is 2. The largest absolute Gasteiger partial charge is 0.378 e. The Kier molecular flexibility index (Phi) is 3.97. The summed E-state index contributed by atoms with van der Waals surface area (Å²) in [5, 5.41) is 14.5. The number of ether oxygens (including phenoxy) is 1. The second kappa shape index (κ2) is 6.40. The summed E-state index contributed by atoms with van der Waals surface area (Å²) >= 11 is 0. The Labute approximate surface area is 161 Å². The number of aromatic nitrogens is 6. The minimum absolute atomic E-state index is 0.103. The molecule has 0 spiro atoms. The molecule has 0 radical (unpaired) electrons. The maximum atomic E-state index is 14.1. The van der Waals surface area contributed by atoms with E-state index in [2.05, 4.69) is 49.3 Å². The number of hydrogen-bond donors (Lipinski definition) is 2. The number of nitrogens with zero attached hydrogens (tertiary/aromatic N) is 6. The summed E-state index contributed by atoms with van der Waals surface area (Å²) in [7, 11) is 0. The van der Waals surface area contributed by atoms with Gasteiger partial charge in [-0.15, -0.1) is 5.10 Å². The van der Waals surface area contributed by atoms with E-state index < -0.39 is 6.17 Å². The van der Waals surface area contributed by atoms with Crippen molar-refractivity contribution in [1.29, 1.82) is 0 Å². The van der Waals surface area contributed by atoms with Gasteiger partial charge in [0.1, 0.15) is 23.9 Å². The molecule has 0 saturated carbocycles. The first-order valence-electron chi connectivity index (χ1n) is 9.48. The van der Waals surface area contributed by atoms with Crippen LogP contribution in [0.4, 0.5) is 16.0 Å². The van der Waals surface area contributed by atoms with E-state index in [-0.39, 0.29) is 18.1 Å². The molecule has 0 aliphatic carbocycles. The van der Waals surface area contributed by atoms with E-state index in [1.807, 2.05) is 6.20 Å². The molecule has 28 heavy (non-hydrogen) atoms. The van der Waals surface area contributed by atoms with Gasteiger partial charge in [-0.2, -0.15) is 14.6 Å². The lowest BCUT2D eigenvalue weighted by molar-refractivity contribution is 0.0284. The van der Waals surface area contributed by atoms with E-state index in [0.717, 1.165) is 30.0 Å². The molecule has 0 unspecified atom stereocenters. The lowest BCUT2D eigenvalue weighted by Crippen LogP contribution is -2.53. The first-order valence-corrected chi connectivity index (χ1v) is 9.48. The van der Waals surface area contributed by atoms with Gasteiger partial charge in [0.25, 0.3) is 0 Å². The van der Waals surface area contributed by atoms with Gasteiger partial charge in [0, 0.05) is 31.5 Å². The average Bonchev–Trinajstić information content (AvgIpc) is 3.30. The molecule has 10 heteroatoms. The molecule has 0 aromatic carbocycles. The third-order valence-corrected chi connectivity index (χ3v) is 5.29. The van der Waals surface area contributed by atoms with Gasteiger partial charge < -0.3 is 15.0 Å². The van der Waals surface area contributed by atoms with E-state index in [4.69, 9.17) is 4.74 Å². The summed E-state index contributed by atoms with van der Waals surface area (Å²) in [5.74, 6) is 0.404.